The van der Waals surface area contributed by atoms with Crippen LogP contribution in [-0.4, -0.2) is 20.4 Å². The normalized spacial score (nSPS) is 14.2. The van der Waals surface area contributed by atoms with Crippen LogP contribution in [0, 0.1) is 5.82 Å². The first-order chi connectivity index (χ1) is 11.4. The maximum absolute atomic E-state index is 13.1. The zero-order chi connectivity index (χ0) is 17.3. The highest BCUT2D eigenvalue weighted by Crippen LogP contribution is 2.26. The molecule has 0 saturated heterocycles. The van der Waals surface area contributed by atoms with Gasteiger partial charge in [0.2, 0.25) is 0 Å². The van der Waals surface area contributed by atoms with Gasteiger partial charge in [-0.25, -0.2) is 12.8 Å². The minimum absolute atomic E-state index is 0.135. The molecular weight excluding hydrogens is 355 g/mol. The second-order valence-electron chi connectivity index (χ2n) is 5.47. The SMILES string of the molecule is O=C(NC1CC1)c1ccccc1NS(=O)(=O)c1ccc(F)cc1Cl. The fraction of sp³-hybridized carbons (Fsp3) is 0.188. The highest BCUT2D eigenvalue weighted by atomic mass is 35.5. The van der Waals surface area contributed by atoms with Crippen LogP contribution in [0.25, 0.3) is 0 Å². The molecule has 5 nitrogen and oxygen atoms in total. The van der Waals surface area contributed by atoms with Gasteiger partial charge in [-0.05, 0) is 43.2 Å². The molecule has 1 fully saturated rings. The molecule has 24 heavy (non-hydrogen) atoms. The summed E-state index contributed by atoms with van der Waals surface area (Å²) in [6.45, 7) is 0. The Balaban J connectivity index is 1.91. The van der Waals surface area contributed by atoms with Crippen molar-refractivity contribution in [3.63, 3.8) is 0 Å². The van der Waals surface area contributed by atoms with Crippen molar-refractivity contribution in [3.8, 4) is 0 Å². The summed E-state index contributed by atoms with van der Waals surface area (Å²) in [7, 11) is -4.06. The molecule has 126 valence electrons. The number of sulfonamides is 1. The monoisotopic (exact) mass is 368 g/mol. The molecule has 8 heteroatoms. The summed E-state index contributed by atoms with van der Waals surface area (Å²) in [5.74, 6) is -0.982. The highest BCUT2D eigenvalue weighted by Gasteiger charge is 2.26. The first-order valence-corrected chi connectivity index (χ1v) is 9.11. The molecule has 3 rings (SSSR count). The summed E-state index contributed by atoms with van der Waals surface area (Å²) in [6, 6.07) is 9.41. The van der Waals surface area contributed by atoms with Crippen LogP contribution in [0.15, 0.2) is 47.4 Å². The predicted molar refractivity (Wildman–Crippen MR) is 89.1 cm³/mol. The van der Waals surface area contributed by atoms with Crippen LogP contribution in [0.2, 0.25) is 5.02 Å². The number of rotatable bonds is 5. The first-order valence-electron chi connectivity index (χ1n) is 7.24. The van der Waals surface area contributed by atoms with Gasteiger partial charge < -0.3 is 5.32 Å². The van der Waals surface area contributed by atoms with Crippen LogP contribution >= 0.6 is 11.6 Å². The molecule has 2 aromatic rings. The van der Waals surface area contributed by atoms with Crippen LogP contribution in [0.3, 0.4) is 0 Å². The van der Waals surface area contributed by atoms with E-state index in [2.05, 4.69) is 10.0 Å². The maximum Gasteiger partial charge on any atom is 0.263 e. The number of anilines is 1. The molecule has 1 amide bonds. The Morgan fingerprint density at radius 3 is 2.54 bits per heavy atom. The minimum Gasteiger partial charge on any atom is -0.349 e. The van der Waals surface area contributed by atoms with Crippen molar-refractivity contribution >= 4 is 33.2 Å². The zero-order valence-electron chi connectivity index (χ0n) is 12.4. The average molecular weight is 369 g/mol. The maximum atomic E-state index is 13.1. The molecule has 0 aromatic heterocycles. The molecule has 0 aliphatic heterocycles. The van der Waals surface area contributed by atoms with Crippen molar-refractivity contribution in [2.24, 2.45) is 0 Å². The molecule has 2 aromatic carbocycles. The molecule has 0 radical (unpaired) electrons. The van der Waals surface area contributed by atoms with E-state index in [0.29, 0.717) is 0 Å². The topological polar surface area (TPSA) is 75.3 Å². The van der Waals surface area contributed by atoms with Crippen LogP contribution in [0.4, 0.5) is 10.1 Å². The number of hydrogen-bond donors (Lipinski definition) is 2. The van der Waals surface area contributed by atoms with E-state index < -0.39 is 15.8 Å². The summed E-state index contributed by atoms with van der Waals surface area (Å²) in [5, 5.41) is 2.57. The fourth-order valence-corrected chi connectivity index (χ4v) is 3.77. The molecule has 0 atom stereocenters. The van der Waals surface area contributed by atoms with E-state index in [1.165, 1.54) is 12.1 Å². The molecule has 0 bridgehead atoms. The average Bonchev–Trinajstić information content (AvgIpc) is 3.30. The number of hydrogen-bond acceptors (Lipinski definition) is 3. The second-order valence-corrected chi connectivity index (χ2v) is 7.53. The summed E-state index contributed by atoms with van der Waals surface area (Å²) in [4.78, 5) is 12.0. The van der Waals surface area contributed by atoms with Crippen LogP contribution in [0.1, 0.15) is 23.2 Å². The second kappa shape index (κ2) is 6.41. The number of carbonyl (C=O) groups is 1. The van der Waals surface area contributed by atoms with E-state index in [-0.39, 0.29) is 33.1 Å². The van der Waals surface area contributed by atoms with Gasteiger partial charge in [-0.1, -0.05) is 23.7 Å². The Bertz CT molecular complexity index is 898. The molecule has 0 heterocycles. The Labute approximate surface area is 143 Å². The van der Waals surface area contributed by atoms with E-state index in [1.54, 1.807) is 12.1 Å². The van der Waals surface area contributed by atoms with Gasteiger partial charge in [0.15, 0.2) is 0 Å². The van der Waals surface area contributed by atoms with Crippen molar-refractivity contribution in [2.75, 3.05) is 4.72 Å². The van der Waals surface area contributed by atoms with Crippen LogP contribution in [-0.2, 0) is 10.0 Å². The highest BCUT2D eigenvalue weighted by molar-refractivity contribution is 7.92. The van der Waals surface area contributed by atoms with Gasteiger partial charge in [0.25, 0.3) is 15.9 Å². The van der Waals surface area contributed by atoms with E-state index in [9.17, 15) is 17.6 Å². The van der Waals surface area contributed by atoms with Crippen LogP contribution < -0.4 is 10.0 Å². The number of amides is 1. The van der Waals surface area contributed by atoms with Crippen molar-refractivity contribution in [2.45, 2.75) is 23.8 Å². The lowest BCUT2D eigenvalue weighted by atomic mass is 10.1. The summed E-state index contributed by atoms with van der Waals surface area (Å²) >= 11 is 5.82. The van der Waals surface area contributed by atoms with Gasteiger partial charge in [0, 0.05) is 6.04 Å². The Morgan fingerprint density at radius 1 is 1.17 bits per heavy atom. The molecule has 1 aliphatic carbocycles. The van der Waals surface area contributed by atoms with E-state index in [4.69, 9.17) is 11.6 Å². The summed E-state index contributed by atoms with van der Waals surface area (Å²) in [5.41, 5.74) is 0.349. The van der Waals surface area contributed by atoms with Crippen molar-refractivity contribution in [1.82, 2.24) is 5.32 Å². The van der Waals surface area contributed by atoms with Gasteiger partial charge in [0.1, 0.15) is 10.7 Å². The van der Waals surface area contributed by atoms with Gasteiger partial charge in [-0.2, -0.15) is 0 Å². The smallest absolute Gasteiger partial charge is 0.263 e. The summed E-state index contributed by atoms with van der Waals surface area (Å²) in [6.07, 6.45) is 1.84. The van der Waals surface area contributed by atoms with Crippen molar-refractivity contribution in [1.29, 1.82) is 0 Å². The number of benzene rings is 2. The molecule has 1 aliphatic rings. The Hall–Kier alpha value is -2.12. The molecule has 1 saturated carbocycles. The number of para-hydroxylation sites is 1. The van der Waals surface area contributed by atoms with Crippen molar-refractivity contribution in [3.05, 3.63) is 58.9 Å². The van der Waals surface area contributed by atoms with Gasteiger partial charge in [-0.15, -0.1) is 0 Å². The fourth-order valence-electron chi connectivity index (χ4n) is 2.15. The van der Waals surface area contributed by atoms with Gasteiger partial charge in [0.05, 0.1) is 16.3 Å². The molecule has 2 N–H and O–H groups in total. The van der Waals surface area contributed by atoms with Crippen LogP contribution in [0.5, 0.6) is 0 Å². The van der Waals surface area contributed by atoms with Gasteiger partial charge in [-0.3, -0.25) is 9.52 Å². The summed E-state index contributed by atoms with van der Waals surface area (Å²) < 4.78 is 40.4. The minimum atomic E-state index is -4.06. The number of halogens is 2. The van der Waals surface area contributed by atoms with Gasteiger partial charge >= 0.3 is 0 Å². The third kappa shape index (κ3) is 3.68. The lowest BCUT2D eigenvalue weighted by Crippen LogP contribution is -2.27. The molecule has 0 unspecified atom stereocenters. The van der Waals surface area contributed by atoms with E-state index in [1.807, 2.05) is 0 Å². The Kier molecular flexibility index (Phi) is 4.47. The lowest BCUT2D eigenvalue weighted by molar-refractivity contribution is 0.0952. The quantitative estimate of drug-likeness (QED) is 0.851. The predicted octanol–water partition coefficient (Wildman–Crippen LogP) is 3.17. The van der Waals surface area contributed by atoms with E-state index in [0.717, 1.165) is 31.0 Å². The number of nitrogens with one attached hydrogen (secondary N) is 2. The third-order valence-corrected chi connectivity index (χ3v) is 5.36. The number of carbonyl (C=O) groups excluding carboxylic acids is 1. The zero-order valence-corrected chi connectivity index (χ0v) is 14.0. The van der Waals surface area contributed by atoms with Crippen molar-refractivity contribution < 1.29 is 17.6 Å². The van der Waals surface area contributed by atoms with E-state index >= 15 is 0 Å². The first kappa shape index (κ1) is 16.7. The Morgan fingerprint density at radius 2 is 1.88 bits per heavy atom. The lowest BCUT2D eigenvalue weighted by Gasteiger charge is -2.13. The standard InChI is InChI=1S/C16H14ClFN2O3S/c17-13-9-10(18)5-8-15(13)24(22,23)20-14-4-2-1-3-12(14)16(21)19-11-6-7-11/h1-5,8-9,11,20H,6-7H2,(H,19,21). The largest absolute Gasteiger partial charge is 0.349 e. The molecular formula is C16H14ClFN2O3S. The third-order valence-electron chi connectivity index (χ3n) is 3.51. The molecule has 0 spiro atoms.